The number of aromatic nitrogens is 3. The smallest absolute Gasteiger partial charge is 0.270 e. The second-order valence-electron chi connectivity index (χ2n) is 8.18. The van der Waals surface area contributed by atoms with Gasteiger partial charge in [0, 0.05) is 43.9 Å². The number of aryl methyl sites for hydroxylation is 1. The van der Waals surface area contributed by atoms with Gasteiger partial charge in [-0.1, -0.05) is 6.42 Å². The van der Waals surface area contributed by atoms with E-state index in [2.05, 4.69) is 15.5 Å². The topological polar surface area (TPSA) is 106 Å². The van der Waals surface area contributed by atoms with E-state index in [0.29, 0.717) is 36.8 Å². The summed E-state index contributed by atoms with van der Waals surface area (Å²) < 4.78 is 16.7. The summed E-state index contributed by atoms with van der Waals surface area (Å²) in [5.41, 5.74) is 1.22. The van der Waals surface area contributed by atoms with Crippen LogP contribution in [0.15, 0.2) is 36.4 Å². The lowest BCUT2D eigenvalue weighted by molar-refractivity contribution is -0.384. The molecule has 1 aliphatic rings. The number of fused-ring (bicyclic) bond motifs is 1. The number of rotatable bonds is 7. The van der Waals surface area contributed by atoms with Gasteiger partial charge < -0.3 is 14.8 Å². The molecule has 9 nitrogen and oxygen atoms in total. The maximum absolute atomic E-state index is 14.8. The normalized spacial score (nSPS) is 13.1. The Morgan fingerprint density at radius 1 is 1.15 bits per heavy atom. The standard InChI is InChI=1S/C24H27FN6O3/c1-3-29(4-2)21-12-10-17(31(33)34)15-19(21)24(32)26-16-9-11-20(25)18(14-16)23-28-27-22-8-6-5-7-13-30(22)23/h9-12,14-15H,3-8,13H2,1-2H3,(H,26,32). The average molecular weight is 467 g/mol. The molecule has 0 spiro atoms. The van der Waals surface area contributed by atoms with Crippen molar-refractivity contribution in [2.75, 3.05) is 23.3 Å². The molecule has 34 heavy (non-hydrogen) atoms. The van der Waals surface area contributed by atoms with Crippen LogP contribution in [0, 0.1) is 15.9 Å². The van der Waals surface area contributed by atoms with Crippen molar-refractivity contribution < 1.29 is 14.1 Å². The molecule has 0 fully saturated rings. The maximum Gasteiger partial charge on any atom is 0.270 e. The van der Waals surface area contributed by atoms with Crippen LogP contribution in [0.1, 0.15) is 49.3 Å². The minimum atomic E-state index is -0.532. The molecule has 0 saturated heterocycles. The molecule has 0 unspecified atom stereocenters. The van der Waals surface area contributed by atoms with Crippen LogP contribution in [0.2, 0.25) is 0 Å². The average Bonchev–Trinajstić information content (AvgIpc) is 3.08. The summed E-state index contributed by atoms with van der Waals surface area (Å²) in [5, 5.41) is 22.5. The van der Waals surface area contributed by atoms with Crippen molar-refractivity contribution in [3.63, 3.8) is 0 Å². The van der Waals surface area contributed by atoms with Crippen LogP contribution in [0.4, 0.5) is 21.5 Å². The molecule has 0 bridgehead atoms. The molecule has 178 valence electrons. The highest BCUT2D eigenvalue weighted by molar-refractivity contribution is 6.08. The van der Waals surface area contributed by atoms with Gasteiger partial charge in [-0.3, -0.25) is 14.9 Å². The number of halogens is 1. The Labute approximate surface area is 196 Å². The second-order valence-corrected chi connectivity index (χ2v) is 8.18. The Bertz CT molecular complexity index is 1220. The number of nitrogens with zero attached hydrogens (tertiary/aromatic N) is 5. The predicted octanol–water partition coefficient (Wildman–Crippen LogP) is 4.82. The SMILES string of the molecule is CCN(CC)c1ccc([N+](=O)[O-])cc1C(=O)Nc1ccc(F)c(-c2nnc3n2CCCCC3)c1. The number of hydrogen-bond donors (Lipinski definition) is 1. The zero-order valence-electron chi connectivity index (χ0n) is 19.3. The van der Waals surface area contributed by atoms with Gasteiger partial charge in [-0.15, -0.1) is 10.2 Å². The first-order valence-corrected chi connectivity index (χ1v) is 11.5. The van der Waals surface area contributed by atoms with Crippen LogP contribution in [0.5, 0.6) is 0 Å². The van der Waals surface area contributed by atoms with Crippen LogP contribution in [-0.4, -0.2) is 38.7 Å². The lowest BCUT2D eigenvalue weighted by Gasteiger charge is -2.23. The number of hydrogen-bond acceptors (Lipinski definition) is 6. The van der Waals surface area contributed by atoms with Gasteiger partial charge in [-0.25, -0.2) is 4.39 Å². The molecule has 10 heteroatoms. The quantitative estimate of drug-likeness (QED) is 0.395. The molecule has 0 atom stereocenters. The number of carbonyl (C=O) groups excluding carboxylic acids is 1. The van der Waals surface area contributed by atoms with E-state index in [9.17, 15) is 19.3 Å². The Balaban J connectivity index is 1.68. The summed E-state index contributed by atoms with van der Waals surface area (Å²) in [7, 11) is 0. The highest BCUT2D eigenvalue weighted by Gasteiger charge is 2.22. The van der Waals surface area contributed by atoms with E-state index in [1.807, 2.05) is 23.3 Å². The van der Waals surface area contributed by atoms with Gasteiger partial charge in [0.2, 0.25) is 0 Å². The van der Waals surface area contributed by atoms with Gasteiger partial charge in [0.05, 0.1) is 21.7 Å². The van der Waals surface area contributed by atoms with Crippen LogP contribution in [-0.2, 0) is 13.0 Å². The van der Waals surface area contributed by atoms with E-state index in [0.717, 1.165) is 31.5 Å². The molecule has 4 rings (SSSR count). The molecule has 1 amide bonds. The van der Waals surface area contributed by atoms with Crippen molar-refractivity contribution in [2.45, 2.75) is 46.1 Å². The molecule has 1 aromatic heterocycles. The number of carbonyl (C=O) groups is 1. The van der Waals surface area contributed by atoms with Crippen molar-refractivity contribution in [2.24, 2.45) is 0 Å². The van der Waals surface area contributed by atoms with Crippen LogP contribution < -0.4 is 10.2 Å². The Hall–Kier alpha value is -3.82. The molecule has 1 N–H and O–H groups in total. The lowest BCUT2D eigenvalue weighted by Crippen LogP contribution is -2.25. The molecule has 0 radical (unpaired) electrons. The van der Waals surface area contributed by atoms with E-state index in [1.54, 1.807) is 6.07 Å². The number of nitrogens with one attached hydrogen (secondary N) is 1. The molecule has 1 aliphatic heterocycles. The van der Waals surface area contributed by atoms with Gasteiger partial charge in [0.1, 0.15) is 11.6 Å². The van der Waals surface area contributed by atoms with Gasteiger partial charge in [0.25, 0.3) is 11.6 Å². The molecule has 0 aliphatic carbocycles. The van der Waals surface area contributed by atoms with Crippen LogP contribution >= 0.6 is 0 Å². The molecular weight excluding hydrogens is 439 g/mol. The van der Waals surface area contributed by atoms with Gasteiger partial charge in [-0.05, 0) is 51.0 Å². The van der Waals surface area contributed by atoms with Gasteiger partial charge in [-0.2, -0.15) is 0 Å². The van der Waals surface area contributed by atoms with E-state index >= 15 is 0 Å². The fourth-order valence-electron chi connectivity index (χ4n) is 4.32. The van der Waals surface area contributed by atoms with Crippen molar-refractivity contribution >= 4 is 23.0 Å². The lowest BCUT2D eigenvalue weighted by atomic mass is 10.1. The van der Waals surface area contributed by atoms with Crippen molar-refractivity contribution in [1.82, 2.24) is 14.8 Å². The highest BCUT2D eigenvalue weighted by atomic mass is 19.1. The van der Waals surface area contributed by atoms with Crippen LogP contribution in [0.3, 0.4) is 0 Å². The van der Waals surface area contributed by atoms with Gasteiger partial charge in [0.15, 0.2) is 5.82 Å². The highest BCUT2D eigenvalue weighted by Crippen LogP contribution is 2.30. The fourth-order valence-corrected chi connectivity index (χ4v) is 4.32. The number of benzene rings is 2. The third-order valence-electron chi connectivity index (χ3n) is 6.11. The van der Waals surface area contributed by atoms with Crippen molar-refractivity contribution in [3.05, 3.63) is 63.7 Å². The third kappa shape index (κ3) is 4.61. The molecule has 0 saturated carbocycles. The zero-order chi connectivity index (χ0) is 24.2. The van der Waals surface area contributed by atoms with E-state index in [-0.39, 0.29) is 16.8 Å². The zero-order valence-corrected chi connectivity index (χ0v) is 19.3. The summed E-state index contributed by atoms with van der Waals surface area (Å²) in [4.78, 5) is 25.9. The summed E-state index contributed by atoms with van der Waals surface area (Å²) in [6.45, 7) is 5.87. The minimum Gasteiger partial charge on any atom is -0.371 e. The first-order chi connectivity index (χ1) is 16.4. The number of amides is 1. The molecular formula is C24H27FN6O3. The summed E-state index contributed by atoms with van der Waals surface area (Å²) in [6.07, 6.45) is 3.87. The second kappa shape index (κ2) is 9.98. The first-order valence-electron chi connectivity index (χ1n) is 11.5. The first kappa shape index (κ1) is 23.3. The van der Waals surface area contributed by atoms with E-state index in [1.165, 1.54) is 30.3 Å². The predicted molar refractivity (Wildman–Crippen MR) is 128 cm³/mol. The number of anilines is 2. The Morgan fingerprint density at radius 2 is 1.94 bits per heavy atom. The van der Waals surface area contributed by atoms with Gasteiger partial charge >= 0.3 is 0 Å². The summed E-state index contributed by atoms with van der Waals surface area (Å²) in [5.74, 6) is 0.298. The largest absolute Gasteiger partial charge is 0.371 e. The molecule has 2 aromatic carbocycles. The Morgan fingerprint density at radius 3 is 2.68 bits per heavy atom. The maximum atomic E-state index is 14.8. The third-order valence-corrected chi connectivity index (χ3v) is 6.11. The summed E-state index contributed by atoms with van der Waals surface area (Å²) >= 11 is 0. The minimum absolute atomic E-state index is 0.174. The summed E-state index contributed by atoms with van der Waals surface area (Å²) in [6, 6.07) is 8.52. The number of non-ortho nitro benzene ring substituents is 1. The monoisotopic (exact) mass is 466 g/mol. The van der Waals surface area contributed by atoms with E-state index < -0.39 is 16.6 Å². The van der Waals surface area contributed by atoms with E-state index in [4.69, 9.17) is 0 Å². The van der Waals surface area contributed by atoms with Crippen molar-refractivity contribution in [1.29, 1.82) is 0 Å². The van der Waals surface area contributed by atoms with Crippen LogP contribution in [0.25, 0.3) is 11.4 Å². The number of nitro benzene ring substituents is 1. The molecule has 2 heterocycles. The molecule has 3 aromatic rings. The number of nitro groups is 1. The van der Waals surface area contributed by atoms with Crippen molar-refractivity contribution in [3.8, 4) is 11.4 Å². The fraction of sp³-hybridized carbons (Fsp3) is 0.375. The Kier molecular flexibility index (Phi) is 6.85.